The molecular weight excluding hydrogens is 374 g/mol. The van der Waals surface area contributed by atoms with Crippen molar-refractivity contribution in [1.82, 2.24) is 14.9 Å². The summed E-state index contributed by atoms with van der Waals surface area (Å²) in [5.41, 5.74) is 1.06. The average Bonchev–Trinajstić information content (AvgIpc) is 3.14. The van der Waals surface area contributed by atoms with Crippen LogP contribution < -0.4 is 10.9 Å². The molecule has 1 fully saturated rings. The molecule has 2 aromatic heterocycles. The van der Waals surface area contributed by atoms with E-state index in [0.717, 1.165) is 41.5 Å². The van der Waals surface area contributed by atoms with Gasteiger partial charge in [0, 0.05) is 23.9 Å². The Hall–Kier alpha value is -1.74. The fraction of sp³-hybridized carbons (Fsp3) is 0.588. The number of hydrogen-bond acceptors (Lipinski definition) is 6. The summed E-state index contributed by atoms with van der Waals surface area (Å²) in [6, 6.07) is -0.311. The number of nitrogens with zero attached hydrogens (tertiary/aromatic N) is 2. The number of aryl methyl sites for hydroxylation is 3. The summed E-state index contributed by atoms with van der Waals surface area (Å²) in [5, 5.41) is 3.47. The van der Waals surface area contributed by atoms with E-state index in [1.54, 1.807) is 11.3 Å². The van der Waals surface area contributed by atoms with Gasteiger partial charge in [0.1, 0.15) is 4.83 Å². The molecule has 7 nitrogen and oxygen atoms in total. The third-order valence-electron chi connectivity index (χ3n) is 5.12. The van der Waals surface area contributed by atoms with Crippen LogP contribution in [0.3, 0.4) is 0 Å². The van der Waals surface area contributed by atoms with E-state index in [2.05, 4.69) is 10.3 Å². The fourth-order valence-corrected chi connectivity index (χ4v) is 6.66. The van der Waals surface area contributed by atoms with Crippen molar-refractivity contribution in [3.63, 3.8) is 0 Å². The van der Waals surface area contributed by atoms with E-state index >= 15 is 0 Å². The first-order chi connectivity index (χ1) is 12.4. The SMILES string of the molecule is O=C(CCn1cnc2sc3c(c2c1=O)CCCC3)NC1CCS(=O)(=O)C1. The molecule has 0 radical (unpaired) electrons. The first-order valence-electron chi connectivity index (χ1n) is 8.92. The minimum Gasteiger partial charge on any atom is -0.352 e. The van der Waals surface area contributed by atoms with Crippen LogP contribution in [-0.2, 0) is 34.0 Å². The molecule has 4 rings (SSSR count). The Morgan fingerprint density at radius 3 is 2.92 bits per heavy atom. The van der Waals surface area contributed by atoms with Crippen LogP contribution in [-0.4, -0.2) is 41.4 Å². The summed E-state index contributed by atoms with van der Waals surface area (Å²) in [5.74, 6) is -0.0967. The highest BCUT2D eigenvalue weighted by Gasteiger charge is 2.28. The third kappa shape index (κ3) is 3.42. The zero-order valence-corrected chi connectivity index (χ0v) is 16.0. The van der Waals surface area contributed by atoms with E-state index in [0.29, 0.717) is 6.42 Å². The number of sulfone groups is 1. The summed E-state index contributed by atoms with van der Waals surface area (Å²) >= 11 is 1.61. The highest BCUT2D eigenvalue weighted by Crippen LogP contribution is 2.33. The molecule has 1 aliphatic heterocycles. The Bertz CT molecular complexity index is 1020. The Morgan fingerprint density at radius 1 is 1.35 bits per heavy atom. The van der Waals surface area contributed by atoms with Crippen molar-refractivity contribution in [2.24, 2.45) is 0 Å². The third-order valence-corrected chi connectivity index (χ3v) is 8.09. The van der Waals surface area contributed by atoms with Crippen LogP contribution in [0, 0.1) is 0 Å². The lowest BCUT2D eigenvalue weighted by Gasteiger charge is -2.12. The van der Waals surface area contributed by atoms with Crippen molar-refractivity contribution in [3.8, 4) is 0 Å². The summed E-state index contributed by atoms with van der Waals surface area (Å²) < 4.78 is 24.4. The molecule has 2 aromatic rings. The van der Waals surface area contributed by atoms with Crippen LogP contribution in [0.15, 0.2) is 11.1 Å². The molecular formula is C17H21N3O4S2. The van der Waals surface area contributed by atoms with E-state index in [1.165, 1.54) is 15.8 Å². The number of fused-ring (bicyclic) bond motifs is 3. The molecule has 1 N–H and O–H groups in total. The number of carbonyl (C=O) groups excluding carboxylic acids is 1. The van der Waals surface area contributed by atoms with Crippen molar-refractivity contribution in [2.45, 2.75) is 51.1 Å². The molecule has 1 amide bonds. The van der Waals surface area contributed by atoms with Gasteiger partial charge in [-0.1, -0.05) is 0 Å². The van der Waals surface area contributed by atoms with Crippen LogP contribution in [0.5, 0.6) is 0 Å². The van der Waals surface area contributed by atoms with Crippen molar-refractivity contribution in [3.05, 3.63) is 27.1 Å². The smallest absolute Gasteiger partial charge is 0.262 e. The minimum absolute atomic E-state index is 0.00719. The summed E-state index contributed by atoms with van der Waals surface area (Å²) in [7, 11) is -3.02. The summed E-state index contributed by atoms with van der Waals surface area (Å²) in [6.07, 6.45) is 6.30. The zero-order valence-electron chi connectivity index (χ0n) is 14.4. The molecule has 2 aliphatic rings. The predicted molar refractivity (Wildman–Crippen MR) is 100 cm³/mol. The number of carbonyl (C=O) groups is 1. The number of hydrogen-bond donors (Lipinski definition) is 1. The summed E-state index contributed by atoms with van der Waals surface area (Å²) in [6.45, 7) is 0.248. The van der Waals surface area contributed by atoms with E-state index in [1.807, 2.05) is 0 Å². The van der Waals surface area contributed by atoms with E-state index in [4.69, 9.17) is 0 Å². The Kier molecular flexibility index (Phi) is 4.60. The Balaban J connectivity index is 1.47. The molecule has 140 valence electrons. The van der Waals surface area contributed by atoms with Crippen LogP contribution >= 0.6 is 11.3 Å². The first kappa shape index (κ1) is 17.7. The molecule has 1 atom stereocenters. The van der Waals surface area contributed by atoms with Gasteiger partial charge in [0.05, 0.1) is 23.2 Å². The van der Waals surface area contributed by atoms with Crippen LogP contribution in [0.4, 0.5) is 0 Å². The van der Waals surface area contributed by atoms with Gasteiger partial charge in [0.25, 0.3) is 5.56 Å². The normalized spacial score (nSPS) is 21.6. The maximum atomic E-state index is 12.8. The average molecular weight is 396 g/mol. The van der Waals surface area contributed by atoms with Crippen LogP contribution in [0.1, 0.15) is 36.1 Å². The molecule has 1 saturated heterocycles. The Morgan fingerprint density at radius 2 is 2.15 bits per heavy atom. The van der Waals surface area contributed by atoms with Gasteiger partial charge in [-0.05, 0) is 37.7 Å². The zero-order chi connectivity index (χ0) is 18.3. The second kappa shape index (κ2) is 6.77. The fourth-order valence-electron chi connectivity index (χ4n) is 3.77. The van der Waals surface area contributed by atoms with Crippen LogP contribution in [0.25, 0.3) is 10.2 Å². The first-order valence-corrected chi connectivity index (χ1v) is 11.6. The molecule has 1 aliphatic carbocycles. The molecule has 1 unspecified atom stereocenters. The topological polar surface area (TPSA) is 98.1 Å². The second-order valence-corrected chi connectivity index (χ2v) is 10.4. The van der Waals surface area contributed by atoms with Gasteiger partial charge < -0.3 is 5.32 Å². The molecule has 0 saturated carbocycles. The predicted octanol–water partition coefficient (Wildman–Crippen LogP) is 1.03. The van der Waals surface area contributed by atoms with Crippen molar-refractivity contribution in [1.29, 1.82) is 0 Å². The second-order valence-electron chi connectivity index (χ2n) is 7.05. The molecule has 0 bridgehead atoms. The van der Waals surface area contributed by atoms with Gasteiger partial charge in [0.15, 0.2) is 9.84 Å². The number of nitrogens with one attached hydrogen (secondary N) is 1. The van der Waals surface area contributed by atoms with Crippen molar-refractivity contribution in [2.75, 3.05) is 11.5 Å². The lowest BCUT2D eigenvalue weighted by Crippen LogP contribution is -2.36. The van der Waals surface area contributed by atoms with Crippen molar-refractivity contribution < 1.29 is 13.2 Å². The standard InChI is InChI=1S/C17H21N3O4S2/c21-14(19-11-6-8-26(23,24)9-11)5-7-20-10-18-16-15(17(20)22)12-3-1-2-4-13(12)25-16/h10-11H,1-9H2,(H,19,21). The monoisotopic (exact) mass is 395 g/mol. The Labute approximate surface area is 155 Å². The molecule has 0 aromatic carbocycles. The van der Waals surface area contributed by atoms with Crippen LogP contribution in [0.2, 0.25) is 0 Å². The number of aromatic nitrogens is 2. The lowest BCUT2D eigenvalue weighted by atomic mass is 9.97. The number of rotatable bonds is 4. The van der Waals surface area contributed by atoms with E-state index in [-0.39, 0.29) is 42.0 Å². The minimum atomic E-state index is -3.02. The molecule has 9 heteroatoms. The van der Waals surface area contributed by atoms with E-state index < -0.39 is 9.84 Å². The van der Waals surface area contributed by atoms with Gasteiger partial charge in [-0.2, -0.15) is 0 Å². The molecule has 0 spiro atoms. The molecule has 3 heterocycles. The maximum absolute atomic E-state index is 12.8. The summed E-state index contributed by atoms with van der Waals surface area (Å²) in [4.78, 5) is 31.4. The van der Waals surface area contributed by atoms with Gasteiger partial charge in [-0.25, -0.2) is 13.4 Å². The maximum Gasteiger partial charge on any atom is 0.262 e. The van der Waals surface area contributed by atoms with Gasteiger partial charge >= 0.3 is 0 Å². The lowest BCUT2D eigenvalue weighted by molar-refractivity contribution is -0.121. The quantitative estimate of drug-likeness (QED) is 0.834. The van der Waals surface area contributed by atoms with Gasteiger partial charge in [0.2, 0.25) is 5.91 Å². The highest BCUT2D eigenvalue weighted by molar-refractivity contribution is 7.91. The highest BCUT2D eigenvalue weighted by atomic mass is 32.2. The van der Waals surface area contributed by atoms with Gasteiger partial charge in [-0.3, -0.25) is 14.2 Å². The van der Waals surface area contributed by atoms with E-state index in [9.17, 15) is 18.0 Å². The number of thiophene rings is 1. The van der Waals surface area contributed by atoms with Crippen molar-refractivity contribution >= 4 is 37.3 Å². The number of amides is 1. The van der Waals surface area contributed by atoms with Gasteiger partial charge in [-0.15, -0.1) is 11.3 Å². The molecule has 26 heavy (non-hydrogen) atoms. The largest absolute Gasteiger partial charge is 0.352 e.